The number of phenols is 2. The lowest BCUT2D eigenvalue weighted by atomic mass is 10.1. The number of phenolic OH excluding ortho intramolecular Hbond substituents is 2. The highest BCUT2D eigenvalue weighted by atomic mass is 16.5. The molecule has 0 saturated heterocycles. The van der Waals surface area contributed by atoms with Crippen LogP contribution in [0.3, 0.4) is 0 Å². The van der Waals surface area contributed by atoms with E-state index < -0.39 is 0 Å². The monoisotopic (exact) mass is 302 g/mol. The van der Waals surface area contributed by atoms with E-state index in [2.05, 4.69) is 0 Å². The highest BCUT2D eigenvalue weighted by Crippen LogP contribution is 2.35. The van der Waals surface area contributed by atoms with Crippen LogP contribution in [0.5, 0.6) is 23.0 Å². The molecule has 4 aromatic rings. The third-order valence-electron chi connectivity index (χ3n) is 3.87. The molecule has 0 radical (unpaired) electrons. The van der Waals surface area contributed by atoms with Crippen molar-refractivity contribution in [3.05, 3.63) is 72.8 Å². The Kier molecular flexibility index (Phi) is 3.05. The molecule has 3 nitrogen and oxygen atoms in total. The van der Waals surface area contributed by atoms with Gasteiger partial charge in [-0.25, -0.2) is 0 Å². The van der Waals surface area contributed by atoms with Crippen molar-refractivity contribution in [2.24, 2.45) is 0 Å². The first-order valence-electron chi connectivity index (χ1n) is 7.32. The van der Waals surface area contributed by atoms with E-state index in [1.54, 1.807) is 24.3 Å². The first-order chi connectivity index (χ1) is 11.2. The number of hydrogen-bond donors (Lipinski definition) is 2. The van der Waals surface area contributed by atoms with Crippen LogP contribution in [0, 0.1) is 0 Å². The maximum absolute atomic E-state index is 9.61. The van der Waals surface area contributed by atoms with Crippen molar-refractivity contribution < 1.29 is 14.9 Å². The Morgan fingerprint density at radius 3 is 1.52 bits per heavy atom. The Bertz CT molecular complexity index is 938. The molecule has 4 rings (SSSR count). The minimum Gasteiger partial charge on any atom is -0.508 e. The maximum Gasteiger partial charge on any atom is 0.135 e. The van der Waals surface area contributed by atoms with E-state index in [1.165, 1.54) is 0 Å². The molecule has 0 spiro atoms. The third-order valence-corrected chi connectivity index (χ3v) is 3.87. The summed E-state index contributed by atoms with van der Waals surface area (Å²) in [6.45, 7) is 0. The molecule has 112 valence electrons. The Hall–Kier alpha value is -3.20. The zero-order valence-corrected chi connectivity index (χ0v) is 12.2. The van der Waals surface area contributed by atoms with Crippen LogP contribution in [0.25, 0.3) is 21.5 Å². The van der Waals surface area contributed by atoms with Gasteiger partial charge in [-0.3, -0.25) is 0 Å². The van der Waals surface area contributed by atoms with Gasteiger partial charge >= 0.3 is 0 Å². The van der Waals surface area contributed by atoms with Gasteiger partial charge in [0.15, 0.2) is 0 Å². The van der Waals surface area contributed by atoms with Gasteiger partial charge in [-0.15, -0.1) is 0 Å². The summed E-state index contributed by atoms with van der Waals surface area (Å²) < 4.78 is 6.12. The van der Waals surface area contributed by atoms with Crippen molar-refractivity contribution in [3.63, 3.8) is 0 Å². The molecule has 0 bridgehead atoms. The number of rotatable bonds is 2. The van der Waals surface area contributed by atoms with Crippen molar-refractivity contribution in [1.29, 1.82) is 0 Å². The summed E-state index contributed by atoms with van der Waals surface area (Å²) in [5, 5.41) is 22.9. The lowest BCUT2D eigenvalue weighted by molar-refractivity contribution is 0.475. The molecule has 0 aliphatic rings. The predicted molar refractivity (Wildman–Crippen MR) is 91.3 cm³/mol. The number of aromatic hydroxyl groups is 2. The minimum atomic E-state index is 0.232. The molecule has 2 N–H and O–H groups in total. The molecule has 0 heterocycles. The van der Waals surface area contributed by atoms with Crippen LogP contribution >= 0.6 is 0 Å². The van der Waals surface area contributed by atoms with E-state index in [0.29, 0.717) is 0 Å². The summed E-state index contributed by atoms with van der Waals surface area (Å²) >= 11 is 0. The summed E-state index contributed by atoms with van der Waals surface area (Å²) in [4.78, 5) is 0. The van der Waals surface area contributed by atoms with Gasteiger partial charge in [-0.05, 0) is 59.3 Å². The summed E-state index contributed by atoms with van der Waals surface area (Å²) in [6, 6.07) is 21.9. The minimum absolute atomic E-state index is 0.232. The van der Waals surface area contributed by atoms with Gasteiger partial charge in [-0.1, -0.05) is 24.3 Å². The Morgan fingerprint density at radius 2 is 1.04 bits per heavy atom. The number of hydrogen-bond acceptors (Lipinski definition) is 3. The molecule has 0 amide bonds. The van der Waals surface area contributed by atoms with Gasteiger partial charge in [-0.2, -0.15) is 0 Å². The standard InChI is InChI=1S/C20H14O3/c21-15-7-9-17-13(11-15)3-1-5-19(17)23-20-6-2-4-14-12-16(22)8-10-18(14)20/h1-12,21-22H. The first-order valence-corrected chi connectivity index (χ1v) is 7.32. The molecule has 0 saturated carbocycles. The number of ether oxygens (including phenoxy) is 1. The zero-order valence-electron chi connectivity index (χ0n) is 12.2. The van der Waals surface area contributed by atoms with Crippen LogP contribution in [-0.2, 0) is 0 Å². The van der Waals surface area contributed by atoms with Crippen molar-refractivity contribution in [2.75, 3.05) is 0 Å². The zero-order chi connectivity index (χ0) is 15.8. The second-order valence-electron chi connectivity index (χ2n) is 5.43. The molecule has 0 aliphatic heterocycles. The smallest absolute Gasteiger partial charge is 0.135 e. The van der Waals surface area contributed by atoms with Crippen LogP contribution in [0.4, 0.5) is 0 Å². The van der Waals surface area contributed by atoms with E-state index in [-0.39, 0.29) is 11.5 Å². The summed E-state index contributed by atoms with van der Waals surface area (Å²) in [6.07, 6.45) is 0. The molecule has 3 heteroatoms. The first kappa shape index (κ1) is 13.5. The number of fused-ring (bicyclic) bond motifs is 2. The van der Waals surface area contributed by atoms with Crippen molar-refractivity contribution >= 4 is 21.5 Å². The molecule has 0 aliphatic carbocycles. The molecule has 0 unspecified atom stereocenters. The fourth-order valence-corrected chi connectivity index (χ4v) is 2.78. The van der Waals surface area contributed by atoms with Crippen molar-refractivity contribution in [1.82, 2.24) is 0 Å². The number of benzene rings is 4. The van der Waals surface area contributed by atoms with Crippen LogP contribution < -0.4 is 4.74 Å². The van der Waals surface area contributed by atoms with E-state index >= 15 is 0 Å². The van der Waals surface area contributed by atoms with Crippen LogP contribution in [0.15, 0.2) is 72.8 Å². The Balaban J connectivity index is 1.85. The highest BCUT2D eigenvalue weighted by Gasteiger charge is 2.07. The van der Waals surface area contributed by atoms with Gasteiger partial charge < -0.3 is 14.9 Å². The van der Waals surface area contributed by atoms with Crippen LogP contribution in [-0.4, -0.2) is 10.2 Å². The van der Waals surface area contributed by atoms with Crippen molar-refractivity contribution in [2.45, 2.75) is 0 Å². The predicted octanol–water partition coefficient (Wildman–Crippen LogP) is 5.20. The van der Waals surface area contributed by atoms with Crippen LogP contribution in [0.2, 0.25) is 0 Å². The fourth-order valence-electron chi connectivity index (χ4n) is 2.78. The van der Waals surface area contributed by atoms with Gasteiger partial charge in [0.1, 0.15) is 23.0 Å². The molecule has 23 heavy (non-hydrogen) atoms. The quantitative estimate of drug-likeness (QED) is 0.535. The Labute approximate surface area is 133 Å². The van der Waals surface area contributed by atoms with E-state index in [4.69, 9.17) is 4.74 Å². The molecule has 0 fully saturated rings. The lowest BCUT2D eigenvalue weighted by Crippen LogP contribution is -1.87. The molecular formula is C20H14O3. The summed E-state index contributed by atoms with van der Waals surface area (Å²) in [5.74, 6) is 1.91. The van der Waals surface area contributed by atoms with Crippen LogP contribution in [0.1, 0.15) is 0 Å². The molecule has 0 atom stereocenters. The largest absolute Gasteiger partial charge is 0.508 e. The van der Waals surface area contributed by atoms with E-state index in [0.717, 1.165) is 33.0 Å². The average Bonchev–Trinajstić information content (AvgIpc) is 2.54. The molecule has 0 aromatic heterocycles. The van der Waals surface area contributed by atoms with Crippen molar-refractivity contribution in [3.8, 4) is 23.0 Å². The molecule has 4 aromatic carbocycles. The normalized spacial score (nSPS) is 11.0. The maximum atomic E-state index is 9.61. The fraction of sp³-hybridized carbons (Fsp3) is 0. The molecular weight excluding hydrogens is 288 g/mol. The van der Waals surface area contributed by atoms with Gasteiger partial charge in [0.2, 0.25) is 0 Å². The van der Waals surface area contributed by atoms with E-state index in [1.807, 2.05) is 48.5 Å². The SMILES string of the molecule is Oc1ccc2c(Oc3cccc4cc(O)ccc34)cccc2c1. The average molecular weight is 302 g/mol. The highest BCUT2D eigenvalue weighted by molar-refractivity contribution is 5.92. The van der Waals surface area contributed by atoms with Gasteiger partial charge in [0.05, 0.1) is 0 Å². The second-order valence-corrected chi connectivity index (χ2v) is 5.43. The van der Waals surface area contributed by atoms with Gasteiger partial charge in [0, 0.05) is 10.8 Å². The third kappa shape index (κ3) is 2.42. The van der Waals surface area contributed by atoms with E-state index in [9.17, 15) is 10.2 Å². The Morgan fingerprint density at radius 1 is 0.565 bits per heavy atom. The summed E-state index contributed by atoms with van der Waals surface area (Å²) in [5.41, 5.74) is 0. The lowest BCUT2D eigenvalue weighted by Gasteiger charge is -2.11. The second kappa shape index (κ2) is 5.21. The topological polar surface area (TPSA) is 49.7 Å². The van der Waals surface area contributed by atoms with Gasteiger partial charge in [0.25, 0.3) is 0 Å². The summed E-state index contributed by atoms with van der Waals surface area (Å²) in [7, 11) is 0.